The van der Waals surface area contributed by atoms with E-state index in [0.717, 1.165) is 0 Å². The second-order valence-electron chi connectivity index (χ2n) is 1.87. The van der Waals surface area contributed by atoms with Gasteiger partial charge in [0.15, 0.2) is 0 Å². The summed E-state index contributed by atoms with van der Waals surface area (Å²) >= 11 is 15.1. The van der Waals surface area contributed by atoms with Gasteiger partial charge >= 0.3 is 6.00 Å². The molecule has 0 radical (unpaired) electrons. The maximum absolute atomic E-state index is 12.6. The van der Waals surface area contributed by atoms with Crippen molar-refractivity contribution in [2.45, 2.75) is 18.6 Å². The third kappa shape index (κ3) is 2.18. The van der Waals surface area contributed by atoms with Crippen molar-refractivity contribution in [3.8, 4) is 0 Å². The first-order valence-electron chi connectivity index (χ1n) is 2.23. The van der Waals surface area contributed by atoms with Gasteiger partial charge < -0.3 is 0 Å². The predicted octanol–water partition coefficient (Wildman–Crippen LogP) is 3.17. The van der Waals surface area contributed by atoms with E-state index < -0.39 is 17.7 Å². The Morgan fingerprint density at radius 2 is 1.60 bits per heavy atom. The number of halogens is 6. The third-order valence-electron chi connectivity index (χ3n) is 0.964. The van der Waals surface area contributed by atoms with Gasteiger partial charge in [-0.05, 0) is 6.92 Å². The maximum Gasteiger partial charge on any atom is 0.383 e. The van der Waals surface area contributed by atoms with E-state index in [2.05, 4.69) is 0 Å². The summed E-state index contributed by atoms with van der Waals surface area (Å²) in [5.74, 6) is 0. The van der Waals surface area contributed by atoms with Gasteiger partial charge in [0.05, 0.1) is 0 Å². The standard InChI is InChI=1S/C3H4Cl3F3Si/c1-3(9,2(7)8)10(4,5)6/h2H,1H3. The summed E-state index contributed by atoms with van der Waals surface area (Å²) in [7, 11) is 0. The molecule has 0 aliphatic heterocycles. The van der Waals surface area contributed by atoms with Crippen LogP contribution in [0.5, 0.6) is 0 Å². The van der Waals surface area contributed by atoms with E-state index >= 15 is 0 Å². The molecule has 10 heavy (non-hydrogen) atoms. The van der Waals surface area contributed by atoms with Gasteiger partial charge in [0, 0.05) is 0 Å². The Morgan fingerprint density at radius 3 is 1.60 bits per heavy atom. The van der Waals surface area contributed by atoms with E-state index in [1.807, 2.05) is 0 Å². The Labute approximate surface area is 71.4 Å². The molecule has 1 atom stereocenters. The van der Waals surface area contributed by atoms with Crippen LogP contribution in [0.1, 0.15) is 6.92 Å². The van der Waals surface area contributed by atoms with Gasteiger partial charge in [0.25, 0.3) is 6.43 Å². The van der Waals surface area contributed by atoms with Gasteiger partial charge in [-0.2, -0.15) is 0 Å². The zero-order valence-corrected chi connectivity index (χ0v) is 8.11. The number of rotatable bonds is 2. The Balaban J connectivity index is 4.40. The average Bonchev–Trinajstić information content (AvgIpc) is 1.62. The SMILES string of the molecule is CC(F)(C(F)F)[Si](Cl)(Cl)Cl. The van der Waals surface area contributed by atoms with Gasteiger partial charge in [-0.15, -0.1) is 33.2 Å². The molecule has 0 spiro atoms. The molecule has 0 aromatic rings. The summed E-state index contributed by atoms with van der Waals surface area (Å²) in [6.45, 7) is 0.594. The lowest BCUT2D eigenvalue weighted by atomic mass is 10.4. The Morgan fingerprint density at radius 1 is 1.30 bits per heavy atom. The second-order valence-corrected chi connectivity index (χ2v) is 10.7. The highest BCUT2D eigenvalue weighted by Gasteiger charge is 2.55. The van der Waals surface area contributed by atoms with Crippen LogP contribution in [0.3, 0.4) is 0 Å². The molecule has 0 amide bonds. The molecular formula is C3H4Cl3F3Si. The molecule has 1 unspecified atom stereocenters. The van der Waals surface area contributed by atoms with Crippen molar-refractivity contribution >= 4 is 39.2 Å². The molecular weight excluding hydrogens is 227 g/mol. The van der Waals surface area contributed by atoms with Crippen molar-refractivity contribution in [2.75, 3.05) is 0 Å². The molecule has 0 saturated heterocycles. The quantitative estimate of drug-likeness (QED) is 0.506. The van der Waals surface area contributed by atoms with Crippen molar-refractivity contribution < 1.29 is 13.2 Å². The first-order valence-corrected chi connectivity index (χ1v) is 7.27. The van der Waals surface area contributed by atoms with E-state index in [9.17, 15) is 13.2 Å². The molecule has 0 aliphatic rings. The maximum atomic E-state index is 12.6. The molecule has 0 rings (SSSR count). The molecule has 0 heterocycles. The molecule has 7 heteroatoms. The minimum atomic E-state index is -3.95. The van der Waals surface area contributed by atoms with Crippen LogP contribution in [0.25, 0.3) is 0 Å². The normalized spacial score (nSPS) is 19.2. The lowest BCUT2D eigenvalue weighted by molar-refractivity contribution is 0.0299. The molecule has 0 N–H and O–H groups in total. The van der Waals surface area contributed by atoms with E-state index in [1.54, 1.807) is 0 Å². The van der Waals surface area contributed by atoms with Gasteiger partial charge in [0.1, 0.15) is 0 Å². The molecule has 62 valence electrons. The lowest BCUT2D eigenvalue weighted by Gasteiger charge is -2.24. The third-order valence-corrected chi connectivity index (χ3v) is 5.62. The predicted molar refractivity (Wildman–Crippen MR) is 38.8 cm³/mol. The molecule has 0 aromatic carbocycles. The summed E-state index contributed by atoms with van der Waals surface area (Å²) in [6, 6.07) is -3.95. The summed E-state index contributed by atoms with van der Waals surface area (Å²) < 4.78 is 36.1. The largest absolute Gasteiger partial charge is 0.383 e. The average molecular weight is 232 g/mol. The van der Waals surface area contributed by atoms with Crippen LogP contribution in [0.4, 0.5) is 13.2 Å². The number of hydrogen-bond donors (Lipinski definition) is 0. The Hall–Kier alpha value is 0.877. The fraction of sp³-hybridized carbons (Fsp3) is 1.00. The zero-order chi connectivity index (χ0) is 8.58. The van der Waals surface area contributed by atoms with Crippen molar-refractivity contribution in [3.05, 3.63) is 0 Å². The van der Waals surface area contributed by atoms with Crippen LogP contribution in [0.15, 0.2) is 0 Å². The second kappa shape index (κ2) is 3.09. The van der Waals surface area contributed by atoms with Crippen molar-refractivity contribution in [1.29, 1.82) is 0 Å². The van der Waals surface area contributed by atoms with Crippen molar-refractivity contribution in [2.24, 2.45) is 0 Å². The van der Waals surface area contributed by atoms with Crippen LogP contribution in [-0.4, -0.2) is 17.7 Å². The number of hydrogen-bond acceptors (Lipinski definition) is 0. The van der Waals surface area contributed by atoms with E-state index in [-0.39, 0.29) is 0 Å². The summed E-state index contributed by atoms with van der Waals surface area (Å²) in [6.07, 6.45) is -3.24. The topological polar surface area (TPSA) is 0 Å². The van der Waals surface area contributed by atoms with Crippen molar-refractivity contribution in [3.63, 3.8) is 0 Å². The van der Waals surface area contributed by atoms with Crippen LogP contribution in [0, 0.1) is 0 Å². The highest BCUT2D eigenvalue weighted by molar-refractivity contribution is 7.65. The Bertz CT molecular complexity index is 121. The van der Waals surface area contributed by atoms with Crippen LogP contribution in [0.2, 0.25) is 0 Å². The lowest BCUT2D eigenvalue weighted by Crippen LogP contribution is -2.46. The van der Waals surface area contributed by atoms with Crippen LogP contribution in [-0.2, 0) is 0 Å². The zero-order valence-electron chi connectivity index (χ0n) is 4.85. The van der Waals surface area contributed by atoms with Gasteiger partial charge in [-0.3, -0.25) is 0 Å². The minimum Gasteiger partial charge on any atom is -0.237 e. The van der Waals surface area contributed by atoms with E-state index in [4.69, 9.17) is 33.2 Å². The Kier molecular flexibility index (Phi) is 3.36. The monoisotopic (exact) mass is 230 g/mol. The summed E-state index contributed by atoms with van der Waals surface area (Å²) in [5.41, 5.74) is 0. The van der Waals surface area contributed by atoms with Crippen LogP contribution >= 0.6 is 33.2 Å². The minimum absolute atomic E-state index is 0.594. The van der Waals surface area contributed by atoms with Crippen molar-refractivity contribution in [1.82, 2.24) is 0 Å². The first-order chi connectivity index (χ1) is 4.19. The molecule has 0 bridgehead atoms. The summed E-state index contributed by atoms with van der Waals surface area (Å²) in [5, 5.41) is -2.96. The molecule has 0 saturated carbocycles. The number of alkyl halides is 3. The van der Waals surface area contributed by atoms with Gasteiger partial charge in [-0.1, -0.05) is 0 Å². The smallest absolute Gasteiger partial charge is 0.237 e. The van der Waals surface area contributed by atoms with E-state index in [0.29, 0.717) is 6.92 Å². The molecule has 0 fully saturated rings. The highest BCUT2D eigenvalue weighted by Crippen LogP contribution is 2.39. The van der Waals surface area contributed by atoms with E-state index in [1.165, 1.54) is 0 Å². The van der Waals surface area contributed by atoms with Gasteiger partial charge in [0.2, 0.25) is 5.29 Å². The summed E-state index contributed by atoms with van der Waals surface area (Å²) in [4.78, 5) is 0. The highest BCUT2D eigenvalue weighted by atomic mass is 35.8. The fourth-order valence-electron chi connectivity index (χ4n) is 0.124. The molecule has 0 nitrogen and oxygen atoms in total. The molecule has 0 aliphatic carbocycles. The van der Waals surface area contributed by atoms with Gasteiger partial charge in [-0.25, -0.2) is 13.2 Å². The molecule has 0 aromatic heterocycles. The fourth-order valence-corrected chi connectivity index (χ4v) is 1.11. The first kappa shape index (κ1) is 10.9. The van der Waals surface area contributed by atoms with Crippen LogP contribution < -0.4 is 0 Å².